The highest BCUT2D eigenvalue weighted by molar-refractivity contribution is 7.15. The van der Waals surface area contributed by atoms with Gasteiger partial charge in [0.2, 0.25) is 0 Å². The Labute approximate surface area is 192 Å². The lowest BCUT2D eigenvalue weighted by atomic mass is 9.80. The smallest absolute Gasteiger partial charge is 0.341 e. The number of carbonyl (C=O) groups excluding carboxylic acids is 2. The molecule has 0 saturated heterocycles. The van der Waals surface area contributed by atoms with Crippen LogP contribution < -0.4 is 10.6 Å². The van der Waals surface area contributed by atoms with E-state index in [-0.39, 0.29) is 11.8 Å². The average molecular weight is 449 g/mol. The molecule has 0 spiro atoms. The summed E-state index contributed by atoms with van der Waals surface area (Å²) in [4.78, 5) is 25.7. The van der Waals surface area contributed by atoms with Crippen LogP contribution in [0.25, 0.3) is 0 Å². The third-order valence-corrected chi connectivity index (χ3v) is 6.84. The summed E-state index contributed by atoms with van der Waals surface area (Å²) in [6, 6.07) is 15.9. The molecular formula is C26H28N2O3S. The van der Waals surface area contributed by atoms with Gasteiger partial charge in [-0.3, -0.25) is 4.79 Å². The minimum Gasteiger partial charge on any atom is -0.465 e. The minimum atomic E-state index is -0.409. The summed E-state index contributed by atoms with van der Waals surface area (Å²) in [6.07, 6.45) is 3.84. The van der Waals surface area contributed by atoms with Gasteiger partial charge in [0.05, 0.1) is 12.7 Å². The van der Waals surface area contributed by atoms with E-state index < -0.39 is 5.97 Å². The van der Waals surface area contributed by atoms with Gasteiger partial charge in [-0.25, -0.2) is 4.79 Å². The number of carbonyl (C=O) groups is 2. The monoisotopic (exact) mass is 448 g/mol. The van der Waals surface area contributed by atoms with E-state index in [1.807, 2.05) is 23.6 Å². The Bertz CT molecular complexity index is 1120. The van der Waals surface area contributed by atoms with Crippen molar-refractivity contribution < 1.29 is 14.3 Å². The summed E-state index contributed by atoms with van der Waals surface area (Å²) >= 11 is 1.39. The summed E-state index contributed by atoms with van der Waals surface area (Å²) in [5, 5.41) is 8.79. The fourth-order valence-electron chi connectivity index (χ4n) is 4.25. The van der Waals surface area contributed by atoms with Gasteiger partial charge in [-0.15, -0.1) is 11.3 Å². The van der Waals surface area contributed by atoms with Gasteiger partial charge in [0, 0.05) is 17.8 Å². The fourth-order valence-corrected chi connectivity index (χ4v) is 5.28. The Morgan fingerprint density at radius 2 is 1.94 bits per heavy atom. The number of methoxy groups -OCH3 is 1. The molecule has 1 aliphatic rings. The molecule has 3 aromatic rings. The van der Waals surface area contributed by atoms with Crippen molar-refractivity contribution in [2.45, 2.75) is 38.5 Å². The first kappa shape index (κ1) is 22.1. The number of aryl methyl sites for hydroxylation is 1. The molecule has 1 unspecified atom stereocenters. The number of ether oxygens (including phenoxy) is 1. The Hall–Kier alpha value is -3.12. The number of rotatable bonds is 7. The zero-order valence-corrected chi connectivity index (χ0v) is 19.3. The van der Waals surface area contributed by atoms with Crippen LogP contribution in [0.3, 0.4) is 0 Å². The third-order valence-electron chi connectivity index (χ3n) is 5.93. The van der Waals surface area contributed by atoms with Gasteiger partial charge in [0.1, 0.15) is 5.00 Å². The van der Waals surface area contributed by atoms with Crippen molar-refractivity contribution >= 4 is 33.9 Å². The molecule has 1 aliphatic carbocycles. The molecule has 1 atom stereocenters. The number of fused-ring (bicyclic) bond motifs is 1. The predicted molar refractivity (Wildman–Crippen MR) is 130 cm³/mol. The van der Waals surface area contributed by atoms with Gasteiger partial charge in [-0.2, -0.15) is 0 Å². The number of nitrogens with one attached hydrogen (secondary N) is 2. The summed E-state index contributed by atoms with van der Waals surface area (Å²) in [6.45, 7) is 2.94. The number of esters is 1. The van der Waals surface area contributed by atoms with Crippen LogP contribution in [-0.2, 0) is 17.6 Å². The molecule has 1 amide bonds. The van der Waals surface area contributed by atoms with E-state index in [2.05, 4.69) is 41.8 Å². The zero-order chi connectivity index (χ0) is 22.5. The Kier molecular flexibility index (Phi) is 6.90. The minimum absolute atomic E-state index is 0.225. The second-order valence-corrected chi connectivity index (χ2v) is 8.94. The van der Waals surface area contributed by atoms with Crippen molar-refractivity contribution in [3.05, 3.63) is 81.7 Å². The molecular weight excluding hydrogens is 420 g/mol. The van der Waals surface area contributed by atoms with E-state index in [9.17, 15) is 9.59 Å². The second-order valence-electron chi connectivity index (χ2n) is 8.06. The maximum atomic E-state index is 13.0. The molecule has 0 radical (unpaired) electrons. The van der Waals surface area contributed by atoms with Crippen molar-refractivity contribution in [3.63, 3.8) is 0 Å². The first-order chi connectivity index (χ1) is 15.6. The number of anilines is 2. The molecule has 1 aromatic heterocycles. The first-order valence-electron chi connectivity index (χ1n) is 11.0. The van der Waals surface area contributed by atoms with Crippen LogP contribution in [0, 0.1) is 0 Å². The molecule has 0 bridgehead atoms. The van der Waals surface area contributed by atoms with Crippen LogP contribution in [-0.4, -0.2) is 25.5 Å². The van der Waals surface area contributed by atoms with E-state index in [1.54, 1.807) is 6.07 Å². The van der Waals surface area contributed by atoms with Crippen LogP contribution in [0.4, 0.5) is 10.7 Å². The van der Waals surface area contributed by atoms with Crippen LogP contribution in [0.5, 0.6) is 0 Å². The van der Waals surface area contributed by atoms with Gasteiger partial charge in [-0.05, 0) is 71.9 Å². The van der Waals surface area contributed by atoms with E-state index in [0.29, 0.717) is 16.1 Å². The van der Waals surface area contributed by atoms with E-state index in [0.717, 1.165) is 43.5 Å². The highest BCUT2D eigenvalue weighted by atomic mass is 32.1. The van der Waals surface area contributed by atoms with Crippen LogP contribution in [0.15, 0.2) is 53.9 Å². The maximum Gasteiger partial charge on any atom is 0.341 e. The van der Waals surface area contributed by atoms with Crippen LogP contribution >= 0.6 is 11.3 Å². The highest BCUT2D eigenvalue weighted by Crippen LogP contribution is 2.40. The number of hydrogen-bond acceptors (Lipinski definition) is 5. The lowest BCUT2D eigenvalue weighted by molar-refractivity contribution is 0.0600. The molecule has 0 fully saturated rings. The molecule has 0 saturated carbocycles. The zero-order valence-electron chi connectivity index (χ0n) is 18.4. The summed E-state index contributed by atoms with van der Waals surface area (Å²) in [5.74, 6) is -0.422. The first-order valence-corrected chi connectivity index (χ1v) is 11.9. The number of amides is 1. The van der Waals surface area contributed by atoms with E-state index in [4.69, 9.17) is 4.74 Å². The SMILES string of the molecule is CCCNc1cccc(C(=O)Nc2scc(C3CCc4ccccc4C3)c2C(=O)OC)c1. The quantitative estimate of drug-likeness (QED) is 0.443. The van der Waals surface area contributed by atoms with Crippen molar-refractivity contribution in [3.8, 4) is 0 Å². The average Bonchev–Trinajstić information content (AvgIpc) is 3.25. The Balaban J connectivity index is 1.58. The molecule has 1 heterocycles. The van der Waals surface area contributed by atoms with Crippen LogP contribution in [0.2, 0.25) is 0 Å². The summed E-state index contributed by atoms with van der Waals surface area (Å²) < 4.78 is 5.09. The Morgan fingerprint density at radius 3 is 2.72 bits per heavy atom. The number of thiophene rings is 1. The standard InChI is InChI=1S/C26H28N2O3S/c1-3-13-27-21-10-6-9-20(15-21)24(29)28-25-23(26(30)31-2)22(16-32-25)19-12-11-17-7-4-5-8-18(17)14-19/h4-10,15-16,19,27H,3,11-14H2,1-2H3,(H,28,29). The second kappa shape index (κ2) is 10.0. The van der Waals surface area contributed by atoms with Gasteiger partial charge in [-0.1, -0.05) is 37.3 Å². The molecule has 5 nitrogen and oxygen atoms in total. The lowest BCUT2D eigenvalue weighted by Gasteiger charge is -2.25. The topological polar surface area (TPSA) is 67.4 Å². The summed E-state index contributed by atoms with van der Waals surface area (Å²) in [5.41, 5.74) is 5.60. The molecule has 2 N–H and O–H groups in total. The molecule has 0 aliphatic heterocycles. The number of hydrogen-bond donors (Lipinski definition) is 2. The van der Waals surface area contributed by atoms with Crippen molar-refractivity contribution in [1.82, 2.24) is 0 Å². The normalized spacial score (nSPS) is 15.0. The highest BCUT2D eigenvalue weighted by Gasteiger charge is 2.29. The largest absolute Gasteiger partial charge is 0.465 e. The lowest BCUT2D eigenvalue weighted by Crippen LogP contribution is -2.18. The summed E-state index contributed by atoms with van der Waals surface area (Å²) in [7, 11) is 1.38. The van der Waals surface area contributed by atoms with Gasteiger partial charge in [0.15, 0.2) is 0 Å². The Morgan fingerprint density at radius 1 is 1.12 bits per heavy atom. The van der Waals surface area contributed by atoms with E-state index in [1.165, 1.54) is 29.6 Å². The molecule has 166 valence electrons. The van der Waals surface area contributed by atoms with Crippen LogP contribution in [0.1, 0.15) is 63.1 Å². The third kappa shape index (κ3) is 4.70. The molecule has 6 heteroatoms. The molecule has 32 heavy (non-hydrogen) atoms. The van der Waals surface area contributed by atoms with Crippen molar-refractivity contribution in [2.24, 2.45) is 0 Å². The number of benzene rings is 2. The van der Waals surface area contributed by atoms with Gasteiger partial charge in [0.25, 0.3) is 5.91 Å². The van der Waals surface area contributed by atoms with Gasteiger partial charge >= 0.3 is 5.97 Å². The van der Waals surface area contributed by atoms with Crippen molar-refractivity contribution in [2.75, 3.05) is 24.3 Å². The maximum absolute atomic E-state index is 13.0. The molecule has 4 rings (SSSR count). The predicted octanol–water partition coefficient (Wildman–Crippen LogP) is 5.88. The van der Waals surface area contributed by atoms with Gasteiger partial charge < -0.3 is 15.4 Å². The van der Waals surface area contributed by atoms with Crippen molar-refractivity contribution in [1.29, 1.82) is 0 Å². The fraction of sp³-hybridized carbons (Fsp3) is 0.308. The van der Waals surface area contributed by atoms with E-state index >= 15 is 0 Å². The molecule has 2 aromatic carbocycles.